The van der Waals surface area contributed by atoms with Gasteiger partial charge in [-0.05, 0) is 6.42 Å². The molecule has 0 rings (SSSR count). The van der Waals surface area contributed by atoms with E-state index in [1.165, 1.54) is 0 Å². The summed E-state index contributed by atoms with van der Waals surface area (Å²) in [4.78, 5) is 11.3. The van der Waals surface area contributed by atoms with Crippen molar-refractivity contribution in [1.29, 1.82) is 0 Å². The highest BCUT2D eigenvalue weighted by Crippen LogP contribution is 2.18. The number of carbonyl (C=O) groups is 1. The van der Waals surface area contributed by atoms with Gasteiger partial charge in [-0.1, -0.05) is 20.8 Å². The van der Waals surface area contributed by atoms with Crippen molar-refractivity contribution in [2.75, 3.05) is 13.1 Å². The van der Waals surface area contributed by atoms with Crippen molar-refractivity contribution in [2.24, 2.45) is 5.41 Å². The van der Waals surface area contributed by atoms with E-state index < -0.39 is 0 Å². The third-order valence-corrected chi connectivity index (χ3v) is 1.96. The second-order valence-electron chi connectivity index (χ2n) is 3.35. The maximum atomic E-state index is 11.3. The van der Waals surface area contributed by atoms with E-state index in [2.05, 4.69) is 11.1 Å². The van der Waals surface area contributed by atoms with Gasteiger partial charge in [0.2, 0.25) is 5.91 Å². The van der Waals surface area contributed by atoms with Crippen LogP contribution < -0.4 is 11.1 Å². The van der Waals surface area contributed by atoms with Crippen LogP contribution in [-0.2, 0) is 4.79 Å². The van der Waals surface area contributed by atoms with E-state index in [0.717, 1.165) is 13.0 Å². The Morgan fingerprint density at radius 3 is 2.45 bits per heavy atom. The van der Waals surface area contributed by atoms with E-state index in [0.29, 0.717) is 6.54 Å². The molecule has 0 bridgehead atoms. The molecular weight excluding hydrogens is 140 g/mol. The molecule has 0 aromatic heterocycles. The Morgan fingerprint density at radius 1 is 1.55 bits per heavy atom. The Kier molecular flexibility index (Phi) is 4.11. The number of carbonyl (C=O) groups excluding carboxylic acids is 1. The third kappa shape index (κ3) is 3.37. The predicted molar refractivity (Wildman–Crippen MR) is 44.8 cm³/mol. The first kappa shape index (κ1) is 10.4. The van der Waals surface area contributed by atoms with Crippen LogP contribution in [0, 0.1) is 5.41 Å². The summed E-state index contributed by atoms with van der Waals surface area (Å²) >= 11 is 0. The van der Waals surface area contributed by atoms with Crippen molar-refractivity contribution in [3.63, 3.8) is 0 Å². The Balaban J connectivity index is 3.82. The van der Waals surface area contributed by atoms with Crippen LogP contribution in [0.3, 0.4) is 0 Å². The first-order chi connectivity index (χ1) is 5.04. The summed E-state index contributed by atoms with van der Waals surface area (Å²) in [5, 5.41) is 2.82. The Hall–Kier alpha value is -0.570. The molecule has 0 spiro atoms. The van der Waals surface area contributed by atoms with Crippen LogP contribution in [0.2, 0.25) is 0 Å². The van der Waals surface area contributed by atoms with Crippen molar-refractivity contribution in [2.45, 2.75) is 27.2 Å². The van der Waals surface area contributed by atoms with Crippen molar-refractivity contribution in [3.8, 4) is 0 Å². The van der Waals surface area contributed by atoms with E-state index in [4.69, 9.17) is 0 Å². The zero-order valence-electron chi connectivity index (χ0n) is 7.74. The third-order valence-electron chi connectivity index (χ3n) is 1.96. The monoisotopic (exact) mass is 159 g/mol. The number of amides is 1. The molecule has 4 N–H and O–H groups in total. The molecule has 0 saturated carbocycles. The highest BCUT2D eigenvalue weighted by atomic mass is 16.2. The Bertz CT molecular complexity index is 132. The molecule has 0 aliphatic heterocycles. The summed E-state index contributed by atoms with van der Waals surface area (Å²) in [6, 6.07) is 0. The molecule has 0 aliphatic rings. The van der Waals surface area contributed by atoms with Crippen LogP contribution in [0.4, 0.5) is 0 Å². The molecule has 1 amide bonds. The van der Waals surface area contributed by atoms with E-state index >= 15 is 0 Å². The van der Waals surface area contributed by atoms with Crippen LogP contribution in [0.5, 0.6) is 0 Å². The molecule has 0 radical (unpaired) electrons. The van der Waals surface area contributed by atoms with Gasteiger partial charge in [-0.2, -0.15) is 0 Å². The van der Waals surface area contributed by atoms with Crippen LogP contribution in [0.25, 0.3) is 0 Å². The highest BCUT2D eigenvalue weighted by Gasteiger charge is 2.24. The smallest absolute Gasteiger partial charge is 0.225 e. The van der Waals surface area contributed by atoms with Gasteiger partial charge < -0.3 is 11.1 Å². The minimum atomic E-state index is -0.227. The lowest BCUT2D eigenvalue weighted by molar-refractivity contribution is -0.364. The molecule has 66 valence electrons. The zero-order valence-corrected chi connectivity index (χ0v) is 7.74. The fourth-order valence-electron chi connectivity index (χ4n) is 0.602. The molecule has 0 unspecified atom stereocenters. The fourth-order valence-corrected chi connectivity index (χ4v) is 0.602. The minimum Gasteiger partial charge on any atom is -0.356 e. The zero-order chi connectivity index (χ0) is 8.91. The average Bonchev–Trinajstić information content (AvgIpc) is 2.00. The molecule has 0 aromatic rings. The lowest BCUT2D eigenvalue weighted by atomic mass is 9.89. The second-order valence-corrected chi connectivity index (χ2v) is 3.35. The minimum absolute atomic E-state index is 0.128. The second kappa shape index (κ2) is 4.34. The SMILES string of the molecule is CCC(C)(C)C(=O)NCC[NH3+]. The molecule has 0 fully saturated rings. The molecule has 3 nitrogen and oxygen atoms in total. The predicted octanol–water partition coefficient (Wildman–Crippen LogP) is -0.219. The Morgan fingerprint density at radius 2 is 2.09 bits per heavy atom. The summed E-state index contributed by atoms with van der Waals surface area (Å²) in [5.74, 6) is 0.128. The van der Waals surface area contributed by atoms with Crippen LogP contribution in [-0.4, -0.2) is 19.0 Å². The van der Waals surface area contributed by atoms with Gasteiger partial charge in [-0.25, -0.2) is 0 Å². The van der Waals surface area contributed by atoms with Gasteiger partial charge in [0.25, 0.3) is 0 Å². The van der Waals surface area contributed by atoms with Gasteiger partial charge >= 0.3 is 0 Å². The largest absolute Gasteiger partial charge is 0.356 e. The number of nitrogens with one attached hydrogen (secondary N) is 1. The first-order valence-corrected chi connectivity index (χ1v) is 4.12. The van der Waals surface area contributed by atoms with Gasteiger partial charge in [0.15, 0.2) is 0 Å². The molecule has 0 aliphatic carbocycles. The molecular formula is C8H19N2O+. The molecule has 0 atom stereocenters. The maximum Gasteiger partial charge on any atom is 0.225 e. The van der Waals surface area contributed by atoms with Crippen molar-refractivity contribution < 1.29 is 10.5 Å². The number of quaternary nitrogens is 1. The molecule has 0 saturated heterocycles. The van der Waals surface area contributed by atoms with Gasteiger partial charge in [0, 0.05) is 5.41 Å². The maximum absolute atomic E-state index is 11.3. The average molecular weight is 159 g/mol. The van der Waals surface area contributed by atoms with E-state index in [-0.39, 0.29) is 11.3 Å². The summed E-state index contributed by atoms with van der Waals surface area (Å²) in [6.45, 7) is 7.36. The van der Waals surface area contributed by atoms with Crippen molar-refractivity contribution in [1.82, 2.24) is 5.32 Å². The summed E-state index contributed by atoms with van der Waals surface area (Å²) in [6.07, 6.45) is 0.871. The summed E-state index contributed by atoms with van der Waals surface area (Å²) in [7, 11) is 0. The normalized spacial score (nSPS) is 11.3. The van der Waals surface area contributed by atoms with Gasteiger partial charge in [-0.15, -0.1) is 0 Å². The molecule has 11 heavy (non-hydrogen) atoms. The first-order valence-electron chi connectivity index (χ1n) is 4.12. The van der Waals surface area contributed by atoms with Crippen LogP contribution in [0.1, 0.15) is 27.2 Å². The number of hydrogen-bond acceptors (Lipinski definition) is 1. The van der Waals surface area contributed by atoms with Crippen molar-refractivity contribution >= 4 is 5.91 Å². The Labute approximate surface area is 68.3 Å². The number of rotatable bonds is 4. The quantitative estimate of drug-likeness (QED) is 0.585. The lowest BCUT2D eigenvalue weighted by Gasteiger charge is -2.20. The summed E-state index contributed by atoms with van der Waals surface area (Å²) < 4.78 is 0. The summed E-state index contributed by atoms with van der Waals surface area (Å²) in [5.41, 5.74) is 3.42. The van der Waals surface area contributed by atoms with Gasteiger partial charge in [-0.3, -0.25) is 4.79 Å². The molecule has 0 aromatic carbocycles. The fraction of sp³-hybridized carbons (Fsp3) is 0.875. The van der Waals surface area contributed by atoms with Gasteiger partial charge in [0.1, 0.15) is 0 Å². The standard InChI is InChI=1S/C8H18N2O/c1-4-8(2,3)7(11)10-6-5-9/h4-6,9H2,1-3H3,(H,10,11)/p+1. The van der Waals surface area contributed by atoms with Gasteiger partial charge in [0.05, 0.1) is 13.1 Å². The van der Waals surface area contributed by atoms with Crippen LogP contribution >= 0.6 is 0 Å². The molecule has 0 heterocycles. The van der Waals surface area contributed by atoms with E-state index in [9.17, 15) is 4.79 Å². The van der Waals surface area contributed by atoms with Crippen molar-refractivity contribution in [3.05, 3.63) is 0 Å². The lowest BCUT2D eigenvalue weighted by Crippen LogP contribution is -2.55. The van der Waals surface area contributed by atoms with E-state index in [1.807, 2.05) is 20.8 Å². The topological polar surface area (TPSA) is 56.7 Å². The van der Waals surface area contributed by atoms with E-state index in [1.54, 1.807) is 0 Å². The van der Waals surface area contributed by atoms with Crippen LogP contribution in [0.15, 0.2) is 0 Å². The highest BCUT2D eigenvalue weighted by molar-refractivity contribution is 5.81. The number of hydrogen-bond donors (Lipinski definition) is 2. The molecule has 3 heteroatoms.